The van der Waals surface area contributed by atoms with Gasteiger partial charge in [-0.1, -0.05) is 6.08 Å². The SMILES string of the molecule is O=C1CCC=C1N1CCCC1. The van der Waals surface area contributed by atoms with Crippen LogP contribution in [-0.4, -0.2) is 23.8 Å². The highest BCUT2D eigenvalue weighted by Crippen LogP contribution is 2.21. The molecule has 11 heavy (non-hydrogen) atoms. The summed E-state index contributed by atoms with van der Waals surface area (Å²) in [6.07, 6.45) is 6.30. The number of carbonyl (C=O) groups is 1. The van der Waals surface area contributed by atoms with E-state index in [1.54, 1.807) is 0 Å². The van der Waals surface area contributed by atoms with Crippen molar-refractivity contribution in [1.29, 1.82) is 0 Å². The van der Waals surface area contributed by atoms with Crippen LogP contribution in [0.5, 0.6) is 0 Å². The Kier molecular flexibility index (Phi) is 1.68. The molecule has 60 valence electrons. The minimum atomic E-state index is 0.354. The molecule has 1 aliphatic heterocycles. The first-order chi connectivity index (χ1) is 5.38. The summed E-state index contributed by atoms with van der Waals surface area (Å²) in [6, 6.07) is 0. The Morgan fingerprint density at radius 3 is 2.55 bits per heavy atom. The van der Waals surface area contributed by atoms with Crippen molar-refractivity contribution in [1.82, 2.24) is 4.90 Å². The lowest BCUT2D eigenvalue weighted by Gasteiger charge is -2.16. The molecule has 2 rings (SSSR count). The van der Waals surface area contributed by atoms with Crippen molar-refractivity contribution in [2.24, 2.45) is 0 Å². The topological polar surface area (TPSA) is 20.3 Å². The van der Waals surface area contributed by atoms with Gasteiger partial charge < -0.3 is 4.90 Å². The summed E-state index contributed by atoms with van der Waals surface area (Å²) in [5.74, 6) is 0.354. The highest BCUT2D eigenvalue weighted by molar-refractivity contribution is 5.96. The zero-order chi connectivity index (χ0) is 7.68. The van der Waals surface area contributed by atoms with Crippen LogP contribution in [-0.2, 0) is 4.79 Å². The van der Waals surface area contributed by atoms with E-state index in [-0.39, 0.29) is 0 Å². The second-order valence-corrected chi connectivity index (χ2v) is 3.25. The molecule has 2 nitrogen and oxygen atoms in total. The first kappa shape index (κ1) is 6.89. The van der Waals surface area contributed by atoms with E-state index in [1.807, 2.05) is 0 Å². The molecule has 0 unspecified atom stereocenters. The van der Waals surface area contributed by atoms with Gasteiger partial charge in [0.2, 0.25) is 0 Å². The molecule has 0 aromatic heterocycles. The Morgan fingerprint density at radius 2 is 2.00 bits per heavy atom. The van der Waals surface area contributed by atoms with Crippen LogP contribution in [0.25, 0.3) is 0 Å². The predicted molar refractivity (Wildman–Crippen MR) is 43.1 cm³/mol. The number of carbonyl (C=O) groups excluding carboxylic acids is 1. The van der Waals surface area contributed by atoms with Gasteiger partial charge in [-0.15, -0.1) is 0 Å². The predicted octanol–water partition coefficient (Wildman–Crippen LogP) is 1.33. The van der Waals surface area contributed by atoms with E-state index in [0.29, 0.717) is 5.78 Å². The molecule has 0 radical (unpaired) electrons. The molecule has 0 aromatic carbocycles. The zero-order valence-electron chi connectivity index (χ0n) is 6.68. The lowest BCUT2D eigenvalue weighted by atomic mass is 10.3. The average Bonchev–Trinajstić information content (AvgIpc) is 2.55. The molecule has 0 aromatic rings. The molecule has 1 aliphatic carbocycles. The smallest absolute Gasteiger partial charge is 0.178 e. The number of allylic oxidation sites excluding steroid dienone is 2. The molecule has 0 N–H and O–H groups in total. The van der Waals surface area contributed by atoms with Gasteiger partial charge >= 0.3 is 0 Å². The van der Waals surface area contributed by atoms with Crippen LogP contribution in [0.1, 0.15) is 25.7 Å². The molecule has 0 amide bonds. The van der Waals surface area contributed by atoms with Crippen molar-refractivity contribution < 1.29 is 4.79 Å². The summed E-state index contributed by atoms with van der Waals surface area (Å²) < 4.78 is 0. The fourth-order valence-electron chi connectivity index (χ4n) is 1.85. The fourth-order valence-corrected chi connectivity index (χ4v) is 1.85. The molecule has 0 saturated carbocycles. The third-order valence-electron chi connectivity index (χ3n) is 2.44. The maximum absolute atomic E-state index is 11.3. The molecular formula is C9H13NO. The van der Waals surface area contributed by atoms with Crippen LogP contribution >= 0.6 is 0 Å². The number of likely N-dealkylation sites (tertiary alicyclic amines) is 1. The van der Waals surface area contributed by atoms with Crippen LogP contribution in [0.4, 0.5) is 0 Å². The van der Waals surface area contributed by atoms with E-state index in [4.69, 9.17) is 0 Å². The van der Waals surface area contributed by atoms with Crippen LogP contribution in [0.2, 0.25) is 0 Å². The van der Waals surface area contributed by atoms with Gasteiger partial charge in [0.25, 0.3) is 0 Å². The van der Waals surface area contributed by atoms with E-state index >= 15 is 0 Å². The molecule has 1 fully saturated rings. The normalized spacial score (nSPS) is 24.5. The quantitative estimate of drug-likeness (QED) is 0.563. The number of hydrogen-bond acceptors (Lipinski definition) is 2. The van der Waals surface area contributed by atoms with E-state index < -0.39 is 0 Å². The van der Waals surface area contributed by atoms with E-state index in [2.05, 4.69) is 11.0 Å². The molecule has 1 saturated heterocycles. The maximum Gasteiger partial charge on any atom is 0.178 e. The van der Waals surface area contributed by atoms with Gasteiger partial charge in [0.05, 0.1) is 5.70 Å². The van der Waals surface area contributed by atoms with E-state index in [1.165, 1.54) is 12.8 Å². The fraction of sp³-hybridized carbons (Fsp3) is 0.667. The highest BCUT2D eigenvalue weighted by atomic mass is 16.1. The maximum atomic E-state index is 11.3. The van der Waals surface area contributed by atoms with Gasteiger partial charge in [0.15, 0.2) is 5.78 Å². The van der Waals surface area contributed by atoms with Crippen molar-refractivity contribution in [2.75, 3.05) is 13.1 Å². The molecule has 2 aliphatic rings. The van der Waals surface area contributed by atoms with E-state index in [0.717, 1.165) is 31.6 Å². The van der Waals surface area contributed by atoms with Crippen molar-refractivity contribution in [3.63, 3.8) is 0 Å². The number of rotatable bonds is 1. The second-order valence-electron chi connectivity index (χ2n) is 3.25. The van der Waals surface area contributed by atoms with E-state index in [9.17, 15) is 4.79 Å². The van der Waals surface area contributed by atoms with Gasteiger partial charge in [-0.3, -0.25) is 4.79 Å². The van der Waals surface area contributed by atoms with Crippen LogP contribution in [0.15, 0.2) is 11.8 Å². The minimum absolute atomic E-state index is 0.354. The Morgan fingerprint density at radius 1 is 1.27 bits per heavy atom. The number of Topliss-reactive ketones (excluding diaryl/α,β-unsaturated/α-hetero) is 1. The van der Waals surface area contributed by atoms with Gasteiger partial charge in [0, 0.05) is 19.5 Å². The molecular weight excluding hydrogens is 138 g/mol. The summed E-state index contributed by atoms with van der Waals surface area (Å²) in [5, 5.41) is 0. The van der Waals surface area contributed by atoms with Gasteiger partial charge in [-0.05, 0) is 19.3 Å². The number of nitrogens with zero attached hydrogens (tertiary/aromatic N) is 1. The third-order valence-corrected chi connectivity index (χ3v) is 2.44. The third kappa shape index (κ3) is 1.17. The summed E-state index contributed by atoms with van der Waals surface area (Å²) in [5.41, 5.74) is 1.00. The number of hydrogen-bond donors (Lipinski definition) is 0. The minimum Gasteiger partial charge on any atom is -0.369 e. The Bertz CT molecular complexity index is 202. The Hall–Kier alpha value is -0.790. The second kappa shape index (κ2) is 2.68. The summed E-state index contributed by atoms with van der Waals surface area (Å²) in [4.78, 5) is 13.5. The summed E-state index contributed by atoms with van der Waals surface area (Å²) in [7, 11) is 0. The first-order valence-corrected chi connectivity index (χ1v) is 4.36. The standard InChI is InChI=1S/C9H13NO/c11-9-5-3-4-8(9)10-6-1-2-7-10/h4H,1-3,5-7H2. The molecule has 2 heteroatoms. The largest absolute Gasteiger partial charge is 0.369 e. The van der Waals surface area contributed by atoms with Crippen LogP contribution in [0.3, 0.4) is 0 Å². The lowest BCUT2D eigenvalue weighted by molar-refractivity contribution is -0.116. The molecule has 0 atom stereocenters. The Labute approximate surface area is 66.9 Å². The molecule has 0 spiro atoms. The molecule has 1 heterocycles. The van der Waals surface area contributed by atoms with Gasteiger partial charge in [0.1, 0.15) is 0 Å². The summed E-state index contributed by atoms with van der Waals surface area (Å²) >= 11 is 0. The van der Waals surface area contributed by atoms with Crippen molar-refractivity contribution in [3.8, 4) is 0 Å². The van der Waals surface area contributed by atoms with Gasteiger partial charge in [-0.2, -0.15) is 0 Å². The highest BCUT2D eigenvalue weighted by Gasteiger charge is 2.22. The van der Waals surface area contributed by atoms with Gasteiger partial charge in [-0.25, -0.2) is 0 Å². The van der Waals surface area contributed by atoms with Crippen molar-refractivity contribution in [3.05, 3.63) is 11.8 Å². The van der Waals surface area contributed by atoms with Crippen LogP contribution < -0.4 is 0 Å². The Balaban J connectivity index is 2.08. The summed E-state index contributed by atoms with van der Waals surface area (Å²) in [6.45, 7) is 2.19. The number of ketones is 1. The van der Waals surface area contributed by atoms with Crippen LogP contribution in [0, 0.1) is 0 Å². The monoisotopic (exact) mass is 151 g/mol. The molecule has 0 bridgehead atoms. The van der Waals surface area contributed by atoms with Crippen molar-refractivity contribution >= 4 is 5.78 Å². The first-order valence-electron chi connectivity index (χ1n) is 4.36. The van der Waals surface area contributed by atoms with Crippen molar-refractivity contribution in [2.45, 2.75) is 25.7 Å². The lowest BCUT2D eigenvalue weighted by Crippen LogP contribution is -2.21. The zero-order valence-corrected chi connectivity index (χ0v) is 6.68. The average molecular weight is 151 g/mol.